The van der Waals surface area contributed by atoms with E-state index in [1.54, 1.807) is 25.4 Å². The van der Waals surface area contributed by atoms with Crippen molar-refractivity contribution in [2.75, 3.05) is 11.1 Å². The highest BCUT2D eigenvalue weighted by atomic mass is 19.1. The number of aryl methyl sites for hydroxylation is 1. The van der Waals surface area contributed by atoms with E-state index in [2.05, 4.69) is 30.4 Å². The maximum atomic E-state index is 13.0. The van der Waals surface area contributed by atoms with Crippen molar-refractivity contribution in [1.82, 2.24) is 29.5 Å². The highest BCUT2D eigenvalue weighted by molar-refractivity contribution is 5.97. The molecular weight excluding hydrogens is 379 g/mol. The second kappa shape index (κ2) is 7.46. The number of halogens is 1. The Morgan fingerprint density at radius 1 is 1.24 bits per heavy atom. The van der Waals surface area contributed by atoms with Crippen LogP contribution in [0.2, 0.25) is 0 Å². The summed E-state index contributed by atoms with van der Waals surface area (Å²) in [6, 6.07) is 7.34. The zero-order valence-corrected chi connectivity index (χ0v) is 15.2. The number of esters is 1. The summed E-state index contributed by atoms with van der Waals surface area (Å²) in [5.74, 6) is -0.731. The van der Waals surface area contributed by atoms with Crippen LogP contribution >= 0.6 is 0 Å². The van der Waals surface area contributed by atoms with Crippen molar-refractivity contribution in [2.45, 2.75) is 13.5 Å². The molecule has 11 heteroatoms. The lowest BCUT2D eigenvalue weighted by Crippen LogP contribution is -2.12. The summed E-state index contributed by atoms with van der Waals surface area (Å²) in [6.07, 6.45) is 3.25. The molecule has 3 aromatic heterocycles. The smallest absolute Gasteiger partial charge is 0.344 e. The molecule has 0 bridgehead atoms. The van der Waals surface area contributed by atoms with Gasteiger partial charge in [0.15, 0.2) is 18.1 Å². The molecule has 29 heavy (non-hydrogen) atoms. The van der Waals surface area contributed by atoms with Crippen molar-refractivity contribution >= 4 is 29.2 Å². The fourth-order valence-corrected chi connectivity index (χ4v) is 2.66. The summed E-state index contributed by atoms with van der Waals surface area (Å²) in [6.45, 7) is 1.46. The molecule has 0 aliphatic heterocycles. The van der Waals surface area contributed by atoms with E-state index in [-0.39, 0.29) is 35.7 Å². The summed E-state index contributed by atoms with van der Waals surface area (Å²) in [5.41, 5.74) is 7.42. The number of nitrogens with zero attached hydrogens (tertiary/aromatic N) is 6. The zero-order valence-electron chi connectivity index (χ0n) is 15.2. The Labute approximate surface area is 163 Å². The van der Waals surface area contributed by atoms with Crippen LogP contribution in [0.25, 0.3) is 5.65 Å². The molecule has 0 fully saturated rings. The minimum atomic E-state index is -0.608. The van der Waals surface area contributed by atoms with Crippen molar-refractivity contribution in [2.24, 2.45) is 0 Å². The van der Waals surface area contributed by atoms with E-state index in [1.165, 1.54) is 28.8 Å². The number of hydrogen-bond acceptors (Lipinski definition) is 9. The van der Waals surface area contributed by atoms with Crippen LogP contribution in [0.15, 0.2) is 42.7 Å². The van der Waals surface area contributed by atoms with Crippen LogP contribution in [0, 0.1) is 12.7 Å². The van der Waals surface area contributed by atoms with Crippen molar-refractivity contribution in [3.63, 3.8) is 0 Å². The highest BCUT2D eigenvalue weighted by Crippen LogP contribution is 2.16. The molecule has 3 N–H and O–H groups in total. The van der Waals surface area contributed by atoms with Gasteiger partial charge in [-0.05, 0) is 37.3 Å². The van der Waals surface area contributed by atoms with Crippen molar-refractivity contribution in [3.05, 3.63) is 65.6 Å². The SMILES string of the molecule is Cc1nn2cccnc2c1C(=O)OCc1nc(N)nc(Nc2ccc(F)cc2)n1. The highest BCUT2D eigenvalue weighted by Gasteiger charge is 2.20. The lowest BCUT2D eigenvalue weighted by molar-refractivity contribution is 0.0463. The number of carbonyl (C=O) groups excluding carboxylic acids is 1. The Bertz CT molecular complexity index is 1190. The van der Waals surface area contributed by atoms with Gasteiger partial charge in [-0.2, -0.15) is 20.1 Å². The molecule has 0 aliphatic rings. The van der Waals surface area contributed by atoms with Gasteiger partial charge in [0.05, 0.1) is 5.69 Å². The number of ether oxygens (including phenoxy) is 1. The number of nitrogens with one attached hydrogen (secondary N) is 1. The number of fused-ring (bicyclic) bond motifs is 1. The molecule has 0 amide bonds. The summed E-state index contributed by atoms with van der Waals surface area (Å²) in [4.78, 5) is 28.8. The van der Waals surface area contributed by atoms with Gasteiger partial charge in [0.1, 0.15) is 11.4 Å². The third-order valence-corrected chi connectivity index (χ3v) is 3.91. The van der Waals surface area contributed by atoms with Gasteiger partial charge < -0.3 is 15.8 Å². The number of anilines is 3. The molecule has 10 nitrogen and oxygen atoms in total. The maximum absolute atomic E-state index is 13.0. The van der Waals surface area contributed by atoms with Gasteiger partial charge in [-0.3, -0.25) is 0 Å². The van der Waals surface area contributed by atoms with Crippen LogP contribution < -0.4 is 11.1 Å². The van der Waals surface area contributed by atoms with E-state index < -0.39 is 5.97 Å². The minimum Gasteiger partial charge on any atom is -0.454 e. The molecule has 0 spiro atoms. The van der Waals surface area contributed by atoms with E-state index in [0.717, 1.165) is 0 Å². The molecular formula is C18H15FN8O2. The molecule has 0 saturated heterocycles. The van der Waals surface area contributed by atoms with E-state index in [0.29, 0.717) is 17.0 Å². The van der Waals surface area contributed by atoms with Crippen LogP contribution in [-0.2, 0) is 11.3 Å². The molecule has 0 aliphatic carbocycles. The number of carbonyl (C=O) groups is 1. The molecule has 4 aromatic rings. The quantitative estimate of drug-likeness (QED) is 0.488. The first kappa shape index (κ1) is 18.2. The molecule has 0 radical (unpaired) electrons. The van der Waals surface area contributed by atoms with Crippen LogP contribution in [0.5, 0.6) is 0 Å². The maximum Gasteiger partial charge on any atom is 0.344 e. The second-order valence-electron chi connectivity index (χ2n) is 5.99. The summed E-state index contributed by atoms with van der Waals surface area (Å²) < 4.78 is 19.8. The van der Waals surface area contributed by atoms with Crippen molar-refractivity contribution in [3.8, 4) is 0 Å². The number of hydrogen-bond donors (Lipinski definition) is 2. The Morgan fingerprint density at radius 3 is 2.83 bits per heavy atom. The molecule has 1 aromatic carbocycles. The van der Waals surface area contributed by atoms with Crippen molar-refractivity contribution in [1.29, 1.82) is 0 Å². The predicted octanol–water partition coefficient (Wildman–Crippen LogP) is 2.04. The first-order chi connectivity index (χ1) is 14.0. The standard InChI is InChI=1S/C18H15FN8O2/c1-10-14(15-21-7-2-8-27(15)26-10)16(28)29-9-13-23-17(20)25-18(24-13)22-12-5-3-11(19)4-6-12/h2-8H,9H2,1H3,(H3,20,22,23,24,25). The Morgan fingerprint density at radius 2 is 2.03 bits per heavy atom. The summed E-state index contributed by atoms with van der Waals surface area (Å²) >= 11 is 0. The fraction of sp³-hybridized carbons (Fsp3) is 0.111. The fourth-order valence-electron chi connectivity index (χ4n) is 2.66. The van der Waals surface area contributed by atoms with Gasteiger partial charge in [0.2, 0.25) is 11.9 Å². The van der Waals surface area contributed by atoms with E-state index >= 15 is 0 Å². The zero-order chi connectivity index (χ0) is 20.4. The second-order valence-corrected chi connectivity index (χ2v) is 5.99. The topological polar surface area (TPSA) is 133 Å². The number of nitrogens with two attached hydrogens (primary N) is 1. The average Bonchev–Trinajstić information content (AvgIpc) is 3.03. The molecule has 0 atom stereocenters. The summed E-state index contributed by atoms with van der Waals surface area (Å²) in [7, 11) is 0. The van der Waals surface area contributed by atoms with Crippen LogP contribution in [-0.4, -0.2) is 35.5 Å². The lowest BCUT2D eigenvalue weighted by atomic mass is 10.2. The Kier molecular flexibility index (Phi) is 4.69. The first-order valence-electron chi connectivity index (χ1n) is 8.50. The number of benzene rings is 1. The number of rotatable bonds is 5. The van der Waals surface area contributed by atoms with Crippen LogP contribution in [0.3, 0.4) is 0 Å². The predicted molar refractivity (Wildman–Crippen MR) is 101 cm³/mol. The normalized spacial score (nSPS) is 10.8. The number of aromatic nitrogens is 6. The summed E-state index contributed by atoms with van der Waals surface area (Å²) in [5, 5.41) is 7.11. The van der Waals surface area contributed by atoms with Gasteiger partial charge in [0.25, 0.3) is 0 Å². The molecule has 0 unspecified atom stereocenters. The van der Waals surface area contributed by atoms with Crippen LogP contribution in [0.1, 0.15) is 21.9 Å². The Balaban J connectivity index is 1.50. The van der Waals surface area contributed by atoms with Gasteiger partial charge in [-0.15, -0.1) is 0 Å². The monoisotopic (exact) mass is 394 g/mol. The van der Waals surface area contributed by atoms with E-state index in [9.17, 15) is 9.18 Å². The van der Waals surface area contributed by atoms with Gasteiger partial charge in [-0.25, -0.2) is 18.7 Å². The van der Waals surface area contributed by atoms with Crippen molar-refractivity contribution < 1.29 is 13.9 Å². The first-order valence-corrected chi connectivity index (χ1v) is 8.50. The van der Waals surface area contributed by atoms with Gasteiger partial charge in [0, 0.05) is 18.1 Å². The average molecular weight is 394 g/mol. The number of nitrogen functional groups attached to an aromatic ring is 1. The van der Waals surface area contributed by atoms with Gasteiger partial charge >= 0.3 is 5.97 Å². The molecule has 0 saturated carbocycles. The van der Waals surface area contributed by atoms with E-state index in [4.69, 9.17) is 10.5 Å². The third kappa shape index (κ3) is 3.93. The molecule has 3 heterocycles. The lowest BCUT2D eigenvalue weighted by Gasteiger charge is -2.08. The Hall–Kier alpha value is -4.15. The largest absolute Gasteiger partial charge is 0.454 e. The molecule has 4 rings (SSSR count). The third-order valence-electron chi connectivity index (χ3n) is 3.91. The minimum absolute atomic E-state index is 0.0514. The van der Waals surface area contributed by atoms with E-state index in [1.807, 2.05) is 0 Å². The van der Waals surface area contributed by atoms with Crippen LogP contribution in [0.4, 0.5) is 22.0 Å². The van der Waals surface area contributed by atoms with Gasteiger partial charge in [-0.1, -0.05) is 0 Å². The molecule has 146 valence electrons.